The molecule has 0 aromatic heterocycles. The lowest BCUT2D eigenvalue weighted by Crippen LogP contribution is -2.04. The molecule has 2 aromatic carbocycles. The fourth-order valence-electron chi connectivity index (χ4n) is 1.65. The monoisotopic (exact) mass is 344 g/mol. The molecule has 0 radical (unpaired) electrons. The number of Topliss-reactive ketones (excluding diaryl/α,β-unsaturated/α-hetero) is 1. The highest BCUT2D eigenvalue weighted by Crippen LogP contribution is 2.19. The van der Waals surface area contributed by atoms with Gasteiger partial charge in [-0.25, -0.2) is 8.78 Å². The van der Waals surface area contributed by atoms with Crippen LogP contribution in [0.3, 0.4) is 0 Å². The quantitative estimate of drug-likeness (QED) is 0.730. The molecular weight excluding hydrogens is 338 g/mol. The average Bonchev–Trinajstić information content (AvgIpc) is 2.32. The first-order valence-corrected chi connectivity index (χ1v) is 6.56. The third-order valence-corrected chi connectivity index (χ3v) is 3.28. The van der Waals surface area contributed by atoms with Gasteiger partial charge in [-0.3, -0.25) is 4.79 Å². The summed E-state index contributed by atoms with van der Waals surface area (Å²) in [5.41, 5.74) is 0.837. The van der Waals surface area contributed by atoms with Gasteiger partial charge >= 0.3 is 0 Å². The number of rotatable bonds is 3. The van der Waals surface area contributed by atoms with E-state index >= 15 is 0 Å². The van der Waals surface area contributed by atoms with Gasteiger partial charge in [0.2, 0.25) is 0 Å². The molecule has 19 heavy (non-hydrogen) atoms. The maximum atomic E-state index is 13.2. The van der Waals surface area contributed by atoms with Gasteiger partial charge in [-0.15, -0.1) is 0 Å². The Morgan fingerprint density at radius 1 is 1.16 bits per heavy atom. The van der Waals surface area contributed by atoms with Crippen LogP contribution in [0.4, 0.5) is 8.78 Å². The maximum absolute atomic E-state index is 13.2. The summed E-state index contributed by atoms with van der Waals surface area (Å²) >= 11 is 8.76. The van der Waals surface area contributed by atoms with Crippen molar-refractivity contribution in [2.75, 3.05) is 0 Å². The number of carbonyl (C=O) groups is 1. The predicted octanol–water partition coefficient (Wildman–Crippen LogP) is 4.81. The Balaban J connectivity index is 2.22. The minimum absolute atomic E-state index is 0.0364. The molecule has 0 atom stereocenters. The van der Waals surface area contributed by atoms with Crippen LogP contribution >= 0.6 is 27.5 Å². The van der Waals surface area contributed by atoms with E-state index in [9.17, 15) is 13.6 Å². The van der Waals surface area contributed by atoms with Crippen molar-refractivity contribution in [3.63, 3.8) is 0 Å². The molecule has 0 spiro atoms. The first-order chi connectivity index (χ1) is 8.95. The lowest BCUT2D eigenvalue weighted by molar-refractivity contribution is 0.0992. The van der Waals surface area contributed by atoms with Crippen molar-refractivity contribution >= 4 is 33.3 Å². The Morgan fingerprint density at radius 3 is 2.53 bits per heavy atom. The standard InChI is InChI=1S/C14H8BrClF2O/c15-10-5-9(6-11(17)7-10)14(19)4-8-1-2-13(18)12(16)3-8/h1-3,5-7H,4H2. The normalized spacial score (nSPS) is 10.5. The summed E-state index contributed by atoms with van der Waals surface area (Å²) < 4.78 is 26.7. The van der Waals surface area contributed by atoms with Gasteiger partial charge in [0.25, 0.3) is 0 Å². The summed E-state index contributed by atoms with van der Waals surface area (Å²) in [6, 6.07) is 8.04. The van der Waals surface area contributed by atoms with E-state index in [4.69, 9.17) is 11.6 Å². The number of halogens is 4. The van der Waals surface area contributed by atoms with E-state index in [0.717, 1.165) is 6.07 Å². The molecule has 5 heteroatoms. The van der Waals surface area contributed by atoms with Crippen LogP contribution < -0.4 is 0 Å². The second kappa shape index (κ2) is 5.80. The second-order valence-electron chi connectivity index (χ2n) is 4.01. The van der Waals surface area contributed by atoms with Gasteiger partial charge in [-0.05, 0) is 35.9 Å². The largest absolute Gasteiger partial charge is 0.294 e. The summed E-state index contributed by atoms with van der Waals surface area (Å²) in [6.45, 7) is 0. The molecule has 0 amide bonds. The van der Waals surface area contributed by atoms with E-state index in [1.54, 1.807) is 0 Å². The first-order valence-electron chi connectivity index (χ1n) is 5.39. The Kier molecular flexibility index (Phi) is 4.32. The van der Waals surface area contributed by atoms with Gasteiger partial charge < -0.3 is 0 Å². The van der Waals surface area contributed by atoms with Crippen LogP contribution in [-0.2, 0) is 6.42 Å². The van der Waals surface area contributed by atoms with Gasteiger partial charge in [-0.1, -0.05) is 33.6 Å². The zero-order chi connectivity index (χ0) is 14.0. The first kappa shape index (κ1) is 14.2. The highest BCUT2D eigenvalue weighted by molar-refractivity contribution is 9.10. The fourth-order valence-corrected chi connectivity index (χ4v) is 2.32. The average molecular weight is 346 g/mol. The van der Waals surface area contributed by atoms with Crippen LogP contribution in [0, 0.1) is 11.6 Å². The van der Waals surface area contributed by atoms with E-state index in [1.165, 1.54) is 30.3 Å². The van der Waals surface area contributed by atoms with Crippen LogP contribution in [0.5, 0.6) is 0 Å². The molecule has 0 fully saturated rings. The Hall–Kier alpha value is -1.26. The molecule has 0 aliphatic heterocycles. The second-order valence-corrected chi connectivity index (χ2v) is 5.33. The smallest absolute Gasteiger partial charge is 0.167 e. The highest BCUT2D eigenvalue weighted by atomic mass is 79.9. The van der Waals surface area contributed by atoms with Crippen LogP contribution in [0.2, 0.25) is 5.02 Å². The summed E-state index contributed by atoms with van der Waals surface area (Å²) in [5.74, 6) is -1.29. The highest BCUT2D eigenvalue weighted by Gasteiger charge is 2.10. The molecular formula is C14H8BrClF2O. The minimum Gasteiger partial charge on any atom is -0.294 e. The van der Waals surface area contributed by atoms with E-state index < -0.39 is 11.6 Å². The van der Waals surface area contributed by atoms with E-state index in [0.29, 0.717) is 10.0 Å². The van der Waals surface area contributed by atoms with Crippen molar-refractivity contribution in [2.45, 2.75) is 6.42 Å². The van der Waals surface area contributed by atoms with Gasteiger partial charge in [0.05, 0.1) is 5.02 Å². The van der Waals surface area contributed by atoms with Crippen molar-refractivity contribution in [1.29, 1.82) is 0 Å². The van der Waals surface area contributed by atoms with Crippen molar-refractivity contribution in [1.82, 2.24) is 0 Å². The Bertz CT molecular complexity index is 623. The van der Waals surface area contributed by atoms with Gasteiger partial charge in [-0.2, -0.15) is 0 Å². The van der Waals surface area contributed by atoms with Crippen LogP contribution in [-0.4, -0.2) is 5.78 Å². The zero-order valence-electron chi connectivity index (χ0n) is 9.59. The van der Waals surface area contributed by atoms with Crippen LogP contribution in [0.15, 0.2) is 40.9 Å². The predicted molar refractivity (Wildman–Crippen MR) is 73.5 cm³/mol. The fraction of sp³-hybridized carbons (Fsp3) is 0.0714. The Morgan fingerprint density at radius 2 is 1.89 bits per heavy atom. The number of benzene rings is 2. The molecule has 1 nitrogen and oxygen atoms in total. The summed E-state index contributed by atoms with van der Waals surface area (Å²) in [5, 5.41) is -0.0364. The maximum Gasteiger partial charge on any atom is 0.167 e. The van der Waals surface area contributed by atoms with E-state index in [1.807, 2.05) is 0 Å². The molecule has 0 saturated heterocycles. The zero-order valence-corrected chi connectivity index (χ0v) is 11.9. The van der Waals surface area contributed by atoms with Crippen molar-refractivity contribution in [3.05, 3.63) is 68.7 Å². The molecule has 2 rings (SSSR count). The summed E-state index contributed by atoms with van der Waals surface area (Å²) in [7, 11) is 0. The molecule has 0 unspecified atom stereocenters. The van der Waals surface area contributed by atoms with Crippen molar-refractivity contribution in [3.8, 4) is 0 Å². The molecule has 98 valence electrons. The third kappa shape index (κ3) is 3.61. The van der Waals surface area contributed by atoms with Crippen LogP contribution in [0.25, 0.3) is 0 Å². The molecule has 0 N–H and O–H groups in total. The lowest BCUT2D eigenvalue weighted by atomic mass is 10.0. The number of carbonyl (C=O) groups excluding carboxylic acids is 1. The van der Waals surface area contributed by atoms with Crippen molar-refractivity contribution < 1.29 is 13.6 Å². The SMILES string of the molecule is O=C(Cc1ccc(F)c(Cl)c1)c1cc(F)cc(Br)c1. The molecule has 0 aliphatic carbocycles. The van der Waals surface area contributed by atoms with Crippen LogP contribution in [0.1, 0.15) is 15.9 Å². The molecule has 0 saturated carbocycles. The van der Waals surface area contributed by atoms with Gasteiger partial charge in [0.15, 0.2) is 5.78 Å². The molecule has 0 heterocycles. The minimum atomic E-state index is -0.536. The number of ketones is 1. The molecule has 2 aromatic rings. The van der Waals surface area contributed by atoms with Crippen molar-refractivity contribution in [2.24, 2.45) is 0 Å². The Labute approximate surface area is 122 Å². The van der Waals surface area contributed by atoms with E-state index in [2.05, 4.69) is 15.9 Å². The third-order valence-electron chi connectivity index (χ3n) is 2.53. The number of hydrogen-bond acceptors (Lipinski definition) is 1. The molecule has 0 bridgehead atoms. The number of hydrogen-bond donors (Lipinski definition) is 0. The summed E-state index contributed by atoms with van der Waals surface area (Å²) in [4.78, 5) is 12.0. The topological polar surface area (TPSA) is 17.1 Å². The van der Waals surface area contributed by atoms with Gasteiger partial charge in [0.1, 0.15) is 11.6 Å². The van der Waals surface area contributed by atoms with Gasteiger partial charge in [0, 0.05) is 16.5 Å². The lowest BCUT2D eigenvalue weighted by Gasteiger charge is -2.04. The van der Waals surface area contributed by atoms with E-state index in [-0.39, 0.29) is 22.8 Å². The molecule has 0 aliphatic rings. The summed E-state index contributed by atoms with van der Waals surface area (Å²) in [6.07, 6.45) is 0.0376.